The van der Waals surface area contributed by atoms with Crippen LogP contribution in [0.5, 0.6) is 0 Å². The van der Waals surface area contributed by atoms with Gasteiger partial charge in [-0.05, 0) is 37.1 Å². The van der Waals surface area contributed by atoms with Crippen LogP contribution in [0.3, 0.4) is 0 Å². The molecule has 0 amide bonds. The highest BCUT2D eigenvalue weighted by molar-refractivity contribution is 7.92. The Labute approximate surface area is 133 Å². The fourth-order valence-electron chi connectivity index (χ4n) is 1.92. The van der Waals surface area contributed by atoms with Crippen LogP contribution in [0.25, 0.3) is 0 Å². The predicted molar refractivity (Wildman–Crippen MR) is 87.6 cm³/mol. The summed E-state index contributed by atoms with van der Waals surface area (Å²) in [6.07, 6.45) is 0. The van der Waals surface area contributed by atoms with Crippen LogP contribution < -0.4 is 10.5 Å². The Balaban J connectivity index is 2.52. The summed E-state index contributed by atoms with van der Waals surface area (Å²) < 4.78 is 27.5. The van der Waals surface area contributed by atoms with E-state index < -0.39 is 10.0 Å². The van der Waals surface area contributed by atoms with E-state index in [1.807, 2.05) is 32.0 Å². The van der Waals surface area contributed by atoms with Gasteiger partial charge in [-0.3, -0.25) is 4.72 Å². The molecule has 4 nitrogen and oxygen atoms in total. The lowest BCUT2D eigenvalue weighted by molar-refractivity contribution is 0.601. The van der Waals surface area contributed by atoms with Crippen molar-refractivity contribution in [2.24, 2.45) is 0 Å². The van der Waals surface area contributed by atoms with Gasteiger partial charge in [-0.2, -0.15) is 0 Å². The second-order valence-corrected chi connectivity index (χ2v) is 7.08. The van der Waals surface area contributed by atoms with E-state index in [-0.39, 0.29) is 20.6 Å². The van der Waals surface area contributed by atoms with Gasteiger partial charge in [-0.15, -0.1) is 0 Å². The smallest absolute Gasteiger partial charge is 0.263 e. The first-order valence-electron chi connectivity index (χ1n) is 6.06. The predicted octanol–water partition coefficient (Wildman–Crippen LogP) is 3.99. The van der Waals surface area contributed by atoms with E-state index in [9.17, 15) is 8.42 Å². The van der Waals surface area contributed by atoms with E-state index in [1.165, 1.54) is 12.1 Å². The topological polar surface area (TPSA) is 72.2 Å². The number of rotatable bonds is 3. The van der Waals surface area contributed by atoms with Crippen molar-refractivity contribution in [1.82, 2.24) is 0 Å². The van der Waals surface area contributed by atoms with Crippen LogP contribution >= 0.6 is 23.2 Å². The zero-order valence-electron chi connectivity index (χ0n) is 11.4. The van der Waals surface area contributed by atoms with Crippen molar-refractivity contribution in [3.8, 4) is 0 Å². The highest BCUT2D eigenvalue weighted by atomic mass is 35.5. The number of hydrogen-bond donors (Lipinski definition) is 2. The van der Waals surface area contributed by atoms with E-state index in [2.05, 4.69) is 4.72 Å². The van der Waals surface area contributed by atoms with Crippen molar-refractivity contribution in [3.63, 3.8) is 0 Å². The molecule has 3 N–H and O–H groups in total. The van der Waals surface area contributed by atoms with Gasteiger partial charge in [-0.25, -0.2) is 8.42 Å². The quantitative estimate of drug-likeness (QED) is 0.826. The monoisotopic (exact) mass is 344 g/mol. The molecule has 0 unspecified atom stereocenters. The Morgan fingerprint density at radius 2 is 1.62 bits per heavy atom. The number of nitrogens with one attached hydrogen (secondary N) is 1. The van der Waals surface area contributed by atoms with Gasteiger partial charge in [0.15, 0.2) is 0 Å². The molecule has 0 aliphatic rings. The third-order valence-electron chi connectivity index (χ3n) is 3.10. The molecule has 112 valence electrons. The molecular weight excluding hydrogens is 331 g/mol. The highest BCUT2D eigenvalue weighted by Gasteiger charge is 2.22. The van der Waals surface area contributed by atoms with Crippen LogP contribution in [0.1, 0.15) is 11.1 Å². The third kappa shape index (κ3) is 3.10. The molecule has 0 heterocycles. The van der Waals surface area contributed by atoms with Crippen molar-refractivity contribution in [3.05, 3.63) is 51.5 Å². The number of halogens is 2. The molecule has 2 aromatic rings. The minimum absolute atomic E-state index is 0.0442. The maximum atomic E-state index is 12.5. The summed E-state index contributed by atoms with van der Waals surface area (Å²) in [6, 6.07) is 8.24. The van der Waals surface area contributed by atoms with Gasteiger partial charge in [0, 0.05) is 0 Å². The van der Waals surface area contributed by atoms with Crippen molar-refractivity contribution in [1.29, 1.82) is 0 Å². The minimum Gasteiger partial charge on any atom is -0.396 e. The molecule has 0 saturated carbocycles. The van der Waals surface area contributed by atoms with E-state index in [0.717, 1.165) is 11.1 Å². The minimum atomic E-state index is -3.85. The van der Waals surface area contributed by atoms with E-state index in [4.69, 9.17) is 28.9 Å². The van der Waals surface area contributed by atoms with Gasteiger partial charge < -0.3 is 5.73 Å². The Morgan fingerprint density at radius 3 is 2.19 bits per heavy atom. The molecule has 0 aliphatic carbocycles. The molecule has 0 aliphatic heterocycles. The van der Waals surface area contributed by atoms with Crippen molar-refractivity contribution >= 4 is 44.6 Å². The van der Waals surface area contributed by atoms with Gasteiger partial charge in [-0.1, -0.05) is 41.4 Å². The number of anilines is 2. The molecule has 2 rings (SSSR count). The van der Waals surface area contributed by atoms with Crippen molar-refractivity contribution < 1.29 is 8.42 Å². The van der Waals surface area contributed by atoms with Gasteiger partial charge in [0.2, 0.25) is 0 Å². The number of para-hydroxylation sites is 1. The summed E-state index contributed by atoms with van der Waals surface area (Å²) in [5.74, 6) is 0. The lowest BCUT2D eigenvalue weighted by Crippen LogP contribution is -2.15. The molecule has 21 heavy (non-hydrogen) atoms. The largest absolute Gasteiger partial charge is 0.396 e. The number of sulfonamides is 1. The standard InChI is InChI=1S/C14H14Cl2N2O2S/c1-8-4-3-5-9(2)14(8)18-21(19,20)11-7-6-10(15)13(17)12(11)16/h3-7,18H,17H2,1-2H3. The molecular formula is C14H14Cl2N2O2S. The molecule has 0 fully saturated rings. The first kappa shape index (κ1) is 15.9. The van der Waals surface area contributed by atoms with Crippen LogP contribution in [-0.2, 0) is 10.0 Å². The van der Waals surface area contributed by atoms with Gasteiger partial charge >= 0.3 is 0 Å². The van der Waals surface area contributed by atoms with Crippen LogP contribution in [0, 0.1) is 13.8 Å². The van der Waals surface area contributed by atoms with E-state index in [0.29, 0.717) is 5.69 Å². The molecule has 0 bridgehead atoms. The first-order chi connectivity index (χ1) is 9.74. The molecule has 0 aromatic heterocycles. The zero-order valence-corrected chi connectivity index (χ0v) is 13.8. The van der Waals surface area contributed by atoms with Crippen LogP contribution in [0.2, 0.25) is 10.0 Å². The molecule has 0 atom stereocenters. The third-order valence-corrected chi connectivity index (χ3v) is 5.34. The first-order valence-corrected chi connectivity index (χ1v) is 8.30. The fourth-order valence-corrected chi connectivity index (χ4v) is 3.89. The Kier molecular flexibility index (Phi) is 4.37. The molecule has 0 spiro atoms. The number of aryl methyl sites for hydroxylation is 2. The Bertz CT molecular complexity index is 785. The summed E-state index contributed by atoms with van der Waals surface area (Å²) in [5.41, 5.74) is 7.88. The Hall–Kier alpha value is -1.43. The van der Waals surface area contributed by atoms with Crippen molar-refractivity contribution in [2.45, 2.75) is 18.7 Å². The molecule has 7 heteroatoms. The van der Waals surface area contributed by atoms with Crippen molar-refractivity contribution in [2.75, 3.05) is 10.5 Å². The second kappa shape index (κ2) is 5.75. The molecule has 0 radical (unpaired) electrons. The maximum absolute atomic E-state index is 12.5. The van der Waals surface area contributed by atoms with Gasteiger partial charge in [0.1, 0.15) is 4.90 Å². The Morgan fingerprint density at radius 1 is 1.05 bits per heavy atom. The van der Waals surface area contributed by atoms with E-state index in [1.54, 1.807) is 0 Å². The summed E-state index contributed by atoms with van der Waals surface area (Å²) in [7, 11) is -3.85. The maximum Gasteiger partial charge on any atom is 0.263 e. The average molecular weight is 345 g/mol. The lowest BCUT2D eigenvalue weighted by Gasteiger charge is -2.15. The van der Waals surface area contributed by atoms with Gasteiger partial charge in [0.05, 0.1) is 21.4 Å². The van der Waals surface area contributed by atoms with Crippen LogP contribution in [-0.4, -0.2) is 8.42 Å². The summed E-state index contributed by atoms with van der Waals surface area (Å²) >= 11 is 11.8. The zero-order chi connectivity index (χ0) is 15.8. The van der Waals surface area contributed by atoms with Gasteiger partial charge in [0.25, 0.3) is 10.0 Å². The van der Waals surface area contributed by atoms with E-state index >= 15 is 0 Å². The molecule has 0 saturated heterocycles. The average Bonchev–Trinajstić information content (AvgIpc) is 2.40. The van der Waals surface area contributed by atoms with Crippen LogP contribution in [0.4, 0.5) is 11.4 Å². The lowest BCUT2D eigenvalue weighted by atomic mass is 10.1. The summed E-state index contributed by atoms with van der Waals surface area (Å²) in [6.45, 7) is 3.64. The molecule has 2 aromatic carbocycles. The summed E-state index contributed by atoms with van der Waals surface area (Å²) in [4.78, 5) is -0.103. The number of nitrogens with two attached hydrogens (primary N) is 1. The number of hydrogen-bond acceptors (Lipinski definition) is 3. The summed E-state index contributed by atoms with van der Waals surface area (Å²) in [5, 5.41) is 0.132. The van der Waals surface area contributed by atoms with Crippen LogP contribution in [0.15, 0.2) is 35.2 Å². The SMILES string of the molecule is Cc1cccc(C)c1NS(=O)(=O)c1ccc(Cl)c(N)c1Cl. The highest BCUT2D eigenvalue weighted by Crippen LogP contribution is 2.34. The fraction of sp³-hybridized carbons (Fsp3) is 0.143. The normalized spacial score (nSPS) is 11.4. The number of nitrogen functional groups attached to an aromatic ring is 1. The number of benzene rings is 2. The second-order valence-electron chi connectivity index (χ2n) is 4.65.